The van der Waals surface area contributed by atoms with E-state index in [2.05, 4.69) is 25.8 Å². The third-order valence-corrected chi connectivity index (χ3v) is 6.15. The summed E-state index contributed by atoms with van der Waals surface area (Å²) in [6.07, 6.45) is 0.972. The van der Waals surface area contributed by atoms with Gasteiger partial charge in [0, 0.05) is 29.3 Å². The van der Waals surface area contributed by atoms with Crippen LogP contribution in [0.25, 0.3) is 11.3 Å². The number of carbonyl (C=O) groups excluding carboxylic acids is 1. The highest BCUT2D eigenvalue weighted by Gasteiger charge is 2.48. The molecule has 1 amide bonds. The first-order chi connectivity index (χ1) is 16.0. The van der Waals surface area contributed by atoms with Crippen LogP contribution < -0.4 is 10.6 Å². The predicted octanol–water partition coefficient (Wildman–Crippen LogP) is 3.29. The Balaban J connectivity index is 1.27. The number of rotatable bonds is 7. The number of benzene rings is 1. The Kier molecular flexibility index (Phi) is 5.72. The Hall–Kier alpha value is -3.46. The average molecular weight is 451 g/mol. The standard InChI is InChI=1S/C24H23F2N5O2/c25-17-10-24(11-17,22-19(26)5-2-8-27-22)14-28-21-7-6-20(30-31-21)15-3-1-4-16(9-15)23(32)29-18-12-33-13-18/h1-9,17-18H,10-14H2,(H,28,31)(H,29,32)/t17-,24-. The predicted molar refractivity (Wildman–Crippen MR) is 118 cm³/mol. The van der Waals surface area contributed by atoms with E-state index in [-0.39, 0.29) is 30.5 Å². The minimum absolute atomic E-state index is 0.0532. The first-order valence-electron chi connectivity index (χ1n) is 10.8. The van der Waals surface area contributed by atoms with Gasteiger partial charge in [-0.05, 0) is 49.2 Å². The van der Waals surface area contributed by atoms with Gasteiger partial charge >= 0.3 is 0 Å². The van der Waals surface area contributed by atoms with Gasteiger partial charge in [0.05, 0.1) is 30.6 Å². The Morgan fingerprint density at radius 1 is 1.12 bits per heavy atom. The molecule has 1 saturated heterocycles. The number of halogens is 2. The molecule has 0 radical (unpaired) electrons. The van der Waals surface area contributed by atoms with Crippen molar-refractivity contribution < 1.29 is 18.3 Å². The Morgan fingerprint density at radius 2 is 1.97 bits per heavy atom. The minimum Gasteiger partial charge on any atom is -0.377 e. The molecule has 3 aromatic rings. The van der Waals surface area contributed by atoms with Crippen LogP contribution in [0.4, 0.5) is 14.6 Å². The van der Waals surface area contributed by atoms with Crippen molar-refractivity contribution in [2.45, 2.75) is 30.5 Å². The van der Waals surface area contributed by atoms with Crippen molar-refractivity contribution in [3.05, 3.63) is 71.8 Å². The summed E-state index contributed by atoms with van der Waals surface area (Å²) < 4.78 is 33.1. The SMILES string of the molecule is O=C(NC1COC1)c1cccc(-c2ccc(NC[C@]3(c4ncccc4F)C[C@H](F)C3)nn2)c1. The van der Waals surface area contributed by atoms with E-state index in [9.17, 15) is 13.6 Å². The number of ether oxygens (including phenoxy) is 1. The molecule has 1 aromatic carbocycles. The normalized spacial score (nSPS) is 22.2. The van der Waals surface area contributed by atoms with Crippen molar-refractivity contribution in [3.63, 3.8) is 0 Å². The molecular weight excluding hydrogens is 428 g/mol. The summed E-state index contributed by atoms with van der Waals surface area (Å²) in [7, 11) is 0. The summed E-state index contributed by atoms with van der Waals surface area (Å²) in [5.41, 5.74) is 1.48. The first-order valence-corrected chi connectivity index (χ1v) is 10.8. The van der Waals surface area contributed by atoms with E-state index in [1.54, 1.807) is 30.3 Å². The maximum Gasteiger partial charge on any atom is 0.251 e. The monoisotopic (exact) mass is 451 g/mol. The molecule has 0 unspecified atom stereocenters. The summed E-state index contributed by atoms with van der Waals surface area (Å²) in [6.45, 7) is 1.37. The lowest BCUT2D eigenvalue weighted by Crippen LogP contribution is -2.49. The second-order valence-corrected chi connectivity index (χ2v) is 8.57. The number of amides is 1. The maximum atomic E-state index is 14.3. The first kappa shape index (κ1) is 21.4. The molecule has 0 spiro atoms. The van der Waals surface area contributed by atoms with Crippen molar-refractivity contribution in [2.24, 2.45) is 0 Å². The zero-order chi connectivity index (χ0) is 22.8. The number of aromatic nitrogens is 3. The van der Waals surface area contributed by atoms with Crippen molar-refractivity contribution in [1.29, 1.82) is 0 Å². The summed E-state index contributed by atoms with van der Waals surface area (Å²) in [5.74, 6) is -0.0906. The number of nitrogens with zero attached hydrogens (tertiary/aromatic N) is 3. The molecular formula is C24H23F2N5O2. The topological polar surface area (TPSA) is 89.0 Å². The lowest BCUT2D eigenvalue weighted by Gasteiger charge is -2.44. The second-order valence-electron chi connectivity index (χ2n) is 8.57. The molecule has 2 fully saturated rings. The van der Waals surface area contributed by atoms with Gasteiger partial charge in [-0.25, -0.2) is 8.78 Å². The van der Waals surface area contributed by atoms with Gasteiger partial charge in [0.1, 0.15) is 17.8 Å². The Morgan fingerprint density at radius 3 is 2.64 bits per heavy atom. The second kappa shape index (κ2) is 8.82. The van der Waals surface area contributed by atoms with Crippen LogP contribution in [0.5, 0.6) is 0 Å². The van der Waals surface area contributed by atoms with Crippen molar-refractivity contribution >= 4 is 11.7 Å². The molecule has 1 saturated carbocycles. The van der Waals surface area contributed by atoms with E-state index in [4.69, 9.17) is 4.74 Å². The zero-order valence-electron chi connectivity index (χ0n) is 17.8. The smallest absolute Gasteiger partial charge is 0.251 e. The van der Waals surface area contributed by atoms with E-state index in [0.29, 0.717) is 36.8 Å². The van der Waals surface area contributed by atoms with Crippen molar-refractivity contribution in [1.82, 2.24) is 20.5 Å². The summed E-state index contributed by atoms with van der Waals surface area (Å²) in [5, 5.41) is 14.5. The van der Waals surface area contributed by atoms with E-state index in [1.807, 2.05) is 6.07 Å². The molecule has 7 nitrogen and oxygen atoms in total. The van der Waals surface area contributed by atoms with E-state index < -0.39 is 17.4 Å². The van der Waals surface area contributed by atoms with Crippen molar-refractivity contribution in [2.75, 3.05) is 25.1 Å². The highest BCUT2D eigenvalue weighted by atomic mass is 19.1. The fourth-order valence-electron chi connectivity index (χ4n) is 4.23. The summed E-state index contributed by atoms with van der Waals surface area (Å²) in [4.78, 5) is 16.6. The molecule has 33 heavy (non-hydrogen) atoms. The molecule has 1 aliphatic heterocycles. The van der Waals surface area contributed by atoms with E-state index in [1.165, 1.54) is 18.3 Å². The fourth-order valence-corrected chi connectivity index (χ4v) is 4.23. The number of hydrogen-bond acceptors (Lipinski definition) is 6. The molecule has 170 valence electrons. The maximum absolute atomic E-state index is 14.3. The van der Waals surface area contributed by atoms with Crippen LogP contribution in [0.2, 0.25) is 0 Å². The van der Waals surface area contributed by atoms with Gasteiger partial charge in [0.25, 0.3) is 5.91 Å². The molecule has 3 heterocycles. The number of anilines is 1. The van der Waals surface area contributed by atoms with Crippen LogP contribution in [0.3, 0.4) is 0 Å². The lowest BCUT2D eigenvalue weighted by molar-refractivity contribution is -0.00346. The van der Waals surface area contributed by atoms with Gasteiger partial charge in [0.2, 0.25) is 0 Å². The number of hydrogen-bond donors (Lipinski definition) is 2. The molecule has 5 rings (SSSR count). The number of alkyl halides is 1. The summed E-state index contributed by atoms with van der Waals surface area (Å²) >= 11 is 0. The Bertz CT molecular complexity index is 1150. The summed E-state index contributed by atoms with van der Waals surface area (Å²) in [6, 6.07) is 13.6. The van der Waals surface area contributed by atoms with Gasteiger partial charge in [-0.15, -0.1) is 10.2 Å². The fraction of sp³-hybridized carbons (Fsp3) is 0.333. The Labute approximate surface area is 189 Å². The largest absolute Gasteiger partial charge is 0.377 e. The van der Waals surface area contributed by atoms with Gasteiger partial charge in [-0.3, -0.25) is 9.78 Å². The molecule has 0 bridgehead atoms. The van der Waals surface area contributed by atoms with E-state index >= 15 is 0 Å². The van der Waals surface area contributed by atoms with Gasteiger partial charge in [0.15, 0.2) is 0 Å². The van der Waals surface area contributed by atoms with Crippen molar-refractivity contribution in [3.8, 4) is 11.3 Å². The van der Waals surface area contributed by atoms with E-state index in [0.717, 1.165) is 5.56 Å². The molecule has 2 aromatic heterocycles. The zero-order valence-corrected chi connectivity index (χ0v) is 17.8. The molecule has 2 N–H and O–H groups in total. The van der Waals surface area contributed by atoms with Crippen LogP contribution in [0.1, 0.15) is 28.9 Å². The third-order valence-electron chi connectivity index (χ3n) is 6.15. The van der Waals surface area contributed by atoms with Crippen LogP contribution in [-0.4, -0.2) is 53.1 Å². The van der Waals surface area contributed by atoms with Gasteiger partial charge in [-0.2, -0.15) is 0 Å². The molecule has 1 aliphatic carbocycles. The third kappa shape index (κ3) is 4.41. The quantitative estimate of drug-likeness (QED) is 0.573. The van der Waals surface area contributed by atoms with Crippen LogP contribution >= 0.6 is 0 Å². The number of carbonyl (C=O) groups is 1. The highest BCUT2D eigenvalue weighted by molar-refractivity contribution is 5.95. The van der Waals surface area contributed by atoms with Gasteiger partial charge in [-0.1, -0.05) is 12.1 Å². The lowest BCUT2D eigenvalue weighted by atomic mass is 9.65. The van der Waals surface area contributed by atoms with Crippen LogP contribution in [-0.2, 0) is 10.2 Å². The highest BCUT2D eigenvalue weighted by Crippen LogP contribution is 2.45. The van der Waals surface area contributed by atoms with Gasteiger partial charge < -0.3 is 15.4 Å². The van der Waals surface area contributed by atoms with Crippen LogP contribution in [0, 0.1) is 5.82 Å². The van der Waals surface area contributed by atoms with Crippen LogP contribution in [0.15, 0.2) is 54.7 Å². The molecule has 0 atom stereocenters. The number of pyridine rings is 1. The molecule has 9 heteroatoms. The number of nitrogens with one attached hydrogen (secondary N) is 2. The average Bonchev–Trinajstić information content (AvgIpc) is 2.79. The minimum atomic E-state index is -0.969. The molecule has 2 aliphatic rings.